The van der Waals surface area contributed by atoms with Crippen LogP contribution in [0.25, 0.3) is 0 Å². The van der Waals surface area contributed by atoms with Crippen LogP contribution >= 0.6 is 0 Å². The molecule has 17 heavy (non-hydrogen) atoms. The summed E-state index contributed by atoms with van der Waals surface area (Å²) in [6.45, 7) is 0.218. The fraction of sp³-hybridized carbons (Fsp3) is 0.700. The molecule has 0 aromatic carbocycles. The van der Waals surface area contributed by atoms with E-state index < -0.39 is 12.2 Å². The van der Waals surface area contributed by atoms with E-state index in [-0.39, 0.29) is 24.9 Å². The zero-order valence-electron chi connectivity index (χ0n) is 9.15. The average molecular weight is 240 g/mol. The molecule has 3 rings (SSSR count). The second-order valence-corrected chi connectivity index (χ2v) is 4.50. The number of anilines is 1. The first-order valence-electron chi connectivity index (χ1n) is 5.74. The van der Waals surface area contributed by atoms with E-state index in [2.05, 4.69) is 20.8 Å². The third-order valence-corrected chi connectivity index (χ3v) is 2.99. The minimum absolute atomic E-state index is 0.0982. The first-order valence-corrected chi connectivity index (χ1v) is 5.74. The Bertz CT molecular complexity index is 432. The summed E-state index contributed by atoms with van der Waals surface area (Å²) < 4.78 is 18.2. The lowest BCUT2D eigenvalue weighted by Crippen LogP contribution is -2.35. The van der Waals surface area contributed by atoms with Gasteiger partial charge in [0.15, 0.2) is 0 Å². The van der Waals surface area contributed by atoms with Gasteiger partial charge in [0.2, 0.25) is 11.8 Å². The van der Waals surface area contributed by atoms with Gasteiger partial charge in [-0.05, 0) is 12.8 Å². The third kappa shape index (κ3) is 2.28. The van der Waals surface area contributed by atoms with Gasteiger partial charge in [0, 0.05) is 18.9 Å². The van der Waals surface area contributed by atoms with Crippen molar-refractivity contribution in [1.82, 2.24) is 15.5 Å². The van der Waals surface area contributed by atoms with Crippen molar-refractivity contribution >= 4 is 11.9 Å². The van der Waals surface area contributed by atoms with E-state index in [9.17, 15) is 9.18 Å². The van der Waals surface area contributed by atoms with Crippen molar-refractivity contribution in [3.05, 3.63) is 5.89 Å². The van der Waals surface area contributed by atoms with Gasteiger partial charge in [0.05, 0.1) is 6.04 Å². The van der Waals surface area contributed by atoms with Crippen molar-refractivity contribution in [2.45, 2.75) is 37.4 Å². The van der Waals surface area contributed by atoms with E-state index >= 15 is 0 Å². The summed E-state index contributed by atoms with van der Waals surface area (Å²) in [6, 6.07) is -0.415. The van der Waals surface area contributed by atoms with Gasteiger partial charge < -0.3 is 9.73 Å². The Morgan fingerprint density at radius 1 is 1.47 bits per heavy atom. The molecule has 2 N–H and O–H groups in total. The summed E-state index contributed by atoms with van der Waals surface area (Å²) in [5, 5.41) is 12.9. The highest BCUT2D eigenvalue weighted by Gasteiger charge is 2.32. The Kier molecular flexibility index (Phi) is 2.54. The molecule has 1 aromatic heterocycles. The summed E-state index contributed by atoms with van der Waals surface area (Å²) >= 11 is 0. The normalized spacial score (nSPS) is 28.3. The van der Waals surface area contributed by atoms with Gasteiger partial charge in [0.25, 0.3) is 0 Å². The molecule has 6 nitrogen and oxygen atoms in total. The molecule has 0 unspecified atom stereocenters. The lowest BCUT2D eigenvalue weighted by Gasteiger charge is -2.07. The van der Waals surface area contributed by atoms with Gasteiger partial charge in [-0.1, -0.05) is 5.10 Å². The van der Waals surface area contributed by atoms with Crippen molar-refractivity contribution in [2.75, 3.05) is 11.9 Å². The maximum atomic E-state index is 12.9. The zero-order chi connectivity index (χ0) is 11.8. The molecule has 0 radical (unpaired) electrons. The van der Waals surface area contributed by atoms with Gasteiger partial charge in [0.1, 0.15) is 6.17 Å². The molecule has 1 aromatic rings. The number of nitrogens with one attached hydrogen (secondary N) is 2. The van der Waals surface area contributed by atoms with Gasteiger partial charge in [-0.15, -0.1) is 5.10 Å². The molecule has 1 saturated carbocycles. The van der Waals surface area contributed by atoms with E-state index in [4.69, 9.17) is 4.42 Å². The summed E-state index contributed by atoms with van der Waals surface area (Å²) in [4.78, 5) is 11.7. The van der Waals surface area contributed by atoms with E-state index in [0.29, 0.717) is 11.8 Å². The SMILES string of the molecule is O=C(Nc1nnc(C2CC2)o1)[C@H]1C[C@H](F)CN1. The standard InChI is InChI=1S/C10H13FN4O2/c11-6-3-7(12-4-6)8(16)13-10-15-14-9(17-10)5-1-2-5/h5-7,12H,1-4H2,(H,13,15,16)/t6-,7+/m0/s1. The number of carbonyl (C=O) groups is 1. The Hall–Kier alpha value is -1.50. The topological polar surface area (TPSA) is 80.1 Å². The van der Waals surface area contributed by atoms with Gasteiger partial charge in [-0.25, -0.2) is 4.39 Å². The fourth-order valence-corrected chi connectivity index (χ4v) is 1.87. The minimum atomic E-state index is -0.963. The van der Waals surface area contributed by atoms with Crippen LogP contribution in [0, 0.1) is 0 Å². The number of carbonyl (C=O) groups excluding carboxylic acids is 1. The Morgan fingerprint density at radius 3 is 2.94 bits per heavy atom. The lowest BCUT2D eigenvalue weighted by molar-refractivity contribution is -0.118. The molecule has 0 spiro atoms. The Morgan fingerprint density at radius 2 is 2.29 bits per heavy atom. The monoisotopic (exact) mass is 240 g/mol. The van der Waals surface area contributed by atoms with E-state index in [0.717, 1.165) is 12.8 Å². The highest BCUT2D eigenvalue weighted by Crippen LogP contribution is 2.39. The third-order valence-electron chi connectivity index (χ3n) is 2.99. The largest absolute Gasteiger partial charge is 0.408 e. The molecule has 1 saturated heterocycles. The van der Waals surface area contributed by atoms with Crippen LogP contribution in [-0.4, -0.2) is 34.9 Å². The van der Waals surface area contributed by atoms with E-state index in [1.165, 1.54) is 0 Å². The number of amides is 1. The summed E-state index contributed by atoms with van der Waals surface area (Å²) in [5.41, 5.74) is 0. The van der Waals surface area contributed by atoms with Crippen LogP contribution in [0.3, 0.4) is 0 Å². The van der Waals surface area contributed by atoms with Crippen LogP contribution in [-0.2, 0) is 4.79 Å². The van der Waals surface area contributed by atoms with Gasteiger partial charge in [-0.2, -0.15) is 0 Å². The summed E-state index contributed by atoms with van der Waals surface area (Å²) in [7, 11) is 0. The second-order valence-electron chi connectivity index (χ2n) is 4.50. The Balaban J connectivity index is 1.59. The molecule has 2 fully saturated rings. The quantitative estimate of drug-likeness (QED) is 0.808. The summed E-state index contributed by atoms with van der Waals surface area (Å²) in [6.07, 6.45) is 1.35. The molecular weight excluding hydrogens is 227 g/mol. The van der Waals surface area contributed by atoms with Crippen LogP contribution in [0.1, 0.15) is 31.1 Å². The van der Waals surface area contributed by atoms with Crippen molar-refractivity contribution in [3.8, 4) is 0 Å². The van der Waals surface area contributed by atoms with Crippen LogP contribution in [0.4, 0.5) is 10.4 Å². The molecule has 1 aliphatic heterocycles. The lowest BCUT2D eigenvalue weighted by atomic mass is 10.2. The smallest absolute Gasteiger partial charge is 0.322 e. The fourth-order valence-electron chi connectivity index (χ4n) is 1.87. The van der Waals surface area contributed by atoms with Gasteiger partial charge >= 0.3 is 6.01 Å². The van der Waals surface area contributed by atoms with Crippen molar-refractivity contribution in [3.63, 3.8) is 0 Å². The number of aromatic nitrogens is 2. The zero-order valence-corrected chi connectivity index (χ0v) is 9.15. The maximum Gasteiger partial charge on any atom is 0.322 e. The number of rotatable bonds is 3. The predicted molar refractivity (Wildman–Crippen MR) is 56.2 cm³/mol. The maximum absolute atomic E-state index is 12.9. The predicted octanol–water partition coefficient (Wildman–Crippen LogP) is 0.585. The number of hydrogen-bond acceptors (Lipinski definition) is 5. The van der Waals surface area contributed by atoms with Crippen LogP contribution < -0.4 is 10.6 Å². The molecule has 0 bridgehead atoms. The first kappa shape index (κ1) is 10.6. The summed E-state index contributed by atoms with van der Waals surface area (Å²) in [5.74, 6) is 0.604. The first-order chi connectivity index (χ1) is 8.22. The number of nitrogens with zero attached hydrogens (tertiary/aromatic N) is 2. The molecule has 2 atom stereocenters. The molecule has 1 amide bonds. The van der Waals surface area contributed by atoms with E-state index in [1.807, 2.05) is 0 Å². The molecule has 92 valence electrons. The highest BCUT2D eigenvalue weighted by atomic mass is 19.1. The van der Waals surface area contributed by atoms with Crippen LogP contribution in [0.15, 0.2) is 4.42 Å². The average Bonchev–Trinajstić information content (AvgIpc) is 2.90. The van der Waals surface area contributed by atoms with Crippen molar-refractivity contribution < 1.29 is 13.6 Å². The minimum Gasteiger partial charge on any atom is -0.408 e. The van der Waals surface area contributed by atoms with Crippen LogP contribution in [0.5, 0.6) is 0 Å². The van der Waals surface area contributed by atoms with Crippen LogP contribution in [0.2, 0.25) is 0 Å². The molecule has 7 heteroatoms. The number of halogens is 1. The highest BCUT2D eigenvalue weighted by molar-refractivity contribution is 5.93. The number of alkyl halides is 1. The Labute approximate surface area is 97.0 Å². The second kappa shape index (κ2) is 4.06. The van der Waals surface area contributed by atoms with Gasteiger partial charge in [-0.3, -0.25) is 10.1 Å². The van der Waals surface area contributed by atoms with Crippen molar-refractivity contribution in [1.29, 1.82) is 0 Å². The molecular formula is C10H13FN4O2. The number of hydrogen-bond donors (Lipinski definition) is 2. The van der Waals surface area contributed by atoms with E-state index in [1.54, 1.807) is 0 Å². The molecule has 2 heterocycles. The molecule has 2 aliphatic rings. The van der Waals surface area contributed by atoms with Crippen molar-refractivity contribution in [2.24, 2.45) is 0 Å². The molecule has 1 aliphatic carbocycles.